The number of halogens is 1. The Labute approximate surface area is 88.6 Å². The Balaban J connectivity index is 1.93. The van der Waals surface area contributed by atoms with Gasteiger partial charge in [0.15, 0.2) is 0 Å². The van der Waals surface area contributed by atoms with Crippen LogP contribution < -0.4 is 0 Å². The molecule has 13 heavy (non-hydrogen) atoms. The summed E-state index contributed by atoms with van der Waals surface area (Å²) in [6, 6.07) is 0. The Morgan fingerprint density at radius 3 is 2.54 bits per heavy atom. The summed E-state index contributed by atoms with van der Waals surface area (Å²) in [4.78, 5) is 2.55. The van der Waals surface area contributed by atoms with E-state index in [0.29, 0.717) is 0 Å². The SMILES string of the molecule is BrC1=CCCC=C1CN1CCCC1. The van der Waals surface area contributed by atoms with E-state index in [1.165, 1.54) is 48.8 Å². The third-order valence-electron chi connectivity index (χ3n) is 2.78. The average Bonchev–Trinajstić information content (AvgIpc) is 2.61. The molecule has 0 amide bonds. The van der Waals surface area contributed by atoms with Gasteiger partial charge in [-0.2, -0.15) is 0 Å². The van der Waals surface area contributed by atoms with Gasteiger partial charge in [-0.05, 0) is 44.3 Å². The van der Waals surface area contributed by atoms with Gasteiger partial charge in [0, 0.05) is 11.0 Å². The van der Waals surface area contributed by atoms with Gasteiger partial charge in [0.1, 0.15) is 0 Å². The zero-order chi connectivity index (χ0) is 9.10. The summed E-state index contributed by atoms with van der Waals surface area (Å²) in [5.74, 6) is 0. The van der Waals surface area contributed by atoms with Gasteiger partial charge in [-0.15, -0.1) is 0 Å². The summed E-state index contributed by atoms with van der Waals surface area (Å²) >= 11 is 3.63. The van der Waals surface area contributed by atoms with Gasteiger partial charge >= 0.3 is 0 Å². The molecule has 0 saturated carbocycles. The molecular weight excluding hydrogens is 226 g/mol. The van der Waals surface area contributed by atoms with Crippen LogP contribution in [0.3, 0.4) is 0 Å². The third kappa shape index (κ3) is 2.44. The summed E-state index contributed by atoms with van der Waals surface area (Å²) in [6.07, 6.45) is 9.86. The average molecular weight is 242 g/mol. The standard InChI is InChI=1S/C11H16BrN/c12-11-6-2-1-5-10(11)9-13-7-3-4-8-13/h5-6H,1-4,7-9H2. The lowest BCUT2D eigenvalue weighted by Crippen LogP contribution is -2.22. The first-order chi connectivity index (χ1) is 6.36. The molecular formula is C11H16BrN. The molecule has 0 atom stereocenters. The Bertz CT molecular complexity index is 236. The summed E-state index contributed by atoms with van der Waals surface area (Å²) in [5.41, 5.74) is 1.49. The van der Waals surface area contributed by atoms with Gasteiger partial charge in [-0.1, -0.05) is 28.1 Å². The lowest BCUT2D eigenvalue weighted by Gasteiger charge is -2.19. The molecule has 0 spiro atoms. The van der Waals surface area contributed by atoms with E-state index in [1.54, 1.807) is 0 Å². The lowest BCUT2D eigenvalue weighted by molar-refractivity contribution is 0.370. The number of nitrogens with zero attached hydrogens (tertiary/aromatic N) is 1. The number of likely N-dealkylation sites (tertiary alicyclic amines) is 1. The molecule has 2 aliphatic rings. The van der Waals surface area contributed by atoms with Crippen LogP contribution in [-0.4, -0.2) is 24.5 Å². The second kappa shape index (κ2) is 4.43. The van der Waals surface area contributed by atoms with Crippen LogP contribution in [0.15, 0.2) is 22.2 Å². The van der Waals surface area contributed by atoms with E-state index in [0.717, 1.165) is 6.54 Å². The van der Waals surface area contributed by atoms with Gasteiger partial charge in [0.2, 0.25) is 0 Å². The topological polar surface area (TPSA) is 3.24 Å². The van der Waals surface area contributed by atoms with Crippen LogP contribution in [0.2, 0.25) is 0 Å². The van der Waals surface area contributed by atoms with Crippen LogP contribution in [0, 0.1) is 0 Å². The molecule has 2 rings (SSSR count). The highest BCUT2D eigenvalue weighted by Gasteiger charge is 2.14. The van der Waals surface area contributed by atoms with Gasteiger partial charge in [0.05, 0.1) is 0 Å². The van der Waals surface area contributed by atoms with Crippen molar-refractivity contribution in [3.8, 4) is 0 Å². The third-order valence-corrected chi connectivity index (χ3v) is 3.61. The largest absolute Gasteiger partial charge is 0.299 e. The van der Waals surface area contributed by atoms with E-state index >= 15 is 0 Å². The molecule has 0 aromatic rings. The second-order valence-corrected chi connectivity index (χ2v) is 4.70. The monoisotopic (exact) mass is 241 g/mol. The highest BCUT2D eigenvalue weighted by atomic mass is 79.9. The Hall–Kier alpha value is -0.0800. The summed E-state index contributed by atoms with van der Waals surface area (Å²) in [6.45, 7) is 3.73. The van der Waals surface area contributed by atoms with E-state index in [2.05, 4.69) is 33.0 Å². The summed E-state index contributed by atoms with van der Waals surface area (Å²) in [5, 5.41) is 0. The van der Waals surface area contributed by atoms with E-state index in [-0.39, 0.29) is 0 Å². The first kappa shape index (κ1) is 9.47. The van der Waals surface area contributed by atoms with Crippen LogP contribution in [0.5, 0.6) is 0 Å². The smallest absolute Gasteiger partial charge is 0.0241 e. The van der Waals surface area contributed by atoms with E-state index < -0.39 is 0 Å². The molecule has 0 N–H and O–H groups in total. The van der Waals surface area contributed by atoms with Crippen molar-refractivity contribution in [3.63, 3.8) is 0 Å². The molecule has 2 heteroatoms. The fourth-order valence-corrected chi connectivity index (χ4v) is 2.53. The number of hydrogen-bond donors (Lipinski definition) is 0. The molecule has 1 saturated heterocycles. The zero-order valence-electron chi connectivity index (χ0n) is 7.93. The van der Waals surface area contributed by atoms with Crippen molar-refractivity contribution < 1.29 is 0 Å². The Morgan fingerprint density at radius 1 is 1.15 bits per heavy atom. The van der Waals surface area contributed by atoms with Crippen molar-refractivity contribution in [1.82, 2.24) is 4.90 Å². The van der Waals surface area contributed by atoms with Crippen LogP contribution in [0.1, 0.15) is 25.7 Å². The minimum atomic E-state index is 1.15. The molecule has 0 unspecified atom stereocenters. The van der Waals surface area contributed by atoms with E-state index in [9.17, 15) is 0 Å². The minimum absolute atomic E-state index is 1.15. The van der Waals surface area contributed by atoms with Crippen LogP contribution in [-0.2, 0) is 0 Å². The van der Waals surface area contributed by atoms with Crippen LogP contribution in [0.25, 0.3) is 0 Å². The normalized spacial score (nSPS) is 24.4. The molecule has 1 aliphatic heterocycles. The molecule has 1 aliphatic carbocycles. The van der Waals surface area contributed by atoms with Crippen molar-refractivity contribution in [2.24, 2.45) is 0 Å². The van der Waals surface area contributed by atoms with Crippen molar-refractivity contribution >= 4 is 15.9 Å². The number of allylic oxidation sites excluding steroid dienone is 2. The van der Waals surface area contributed by atoms with Crippen molar-refractivity contribution in [2.75, 3.05) is 19.6 Å². The lowest BCUT2D eigenvalue weighted by atomic mass is 10.1. The number of rotatable bonds is 2. The molecule has 1 fully saturated rings. The fraction of sp³-hybridized carbons (Fsp3) is 0.636. The molecule has 1 heterocycles. The highest BCUT2D eigenvalue weighted by Crippen LogP contribution is 2.25. The van der Waals surface area contributed by atoms with Crippen molar-refractivity contribution in [2.45, 2.75) is 25.7 Å². The van der Waals surface area contributed by atoms with E-state index in [1.807, 2.05) is 0 Å². The van der Waals surface area contributed by atoms with Crippen LogP contribution in [0.4, 0.5) is 0 Å². The molecule has 0 bridgehead atoms. The van der Waals surface area contributed by atoms with E-state index in [4.69, 9.17) is 0 Å². The van der Waals surface area contributed by atoms with Crippen molar-refractivity contribution in [1.29, 1.82) is 0 Å². The fourth-order valence-electron chi connectivity index (χ4n) is 2.02. The van der Waals surface area contributed by atoms with Gasteiger partial charge in [-0.25, -0.2) is 0 Å². The summed E-state index contributed by atoms with van der Waals surface area (Å²) < 4.78 is 1.32. The Morgan fingerprint density at radius 2 is 1.85 bits per heavy atom. The predicted molar refractivity (Wildman–Crippen MR) is 60.0 cm³/mol. The quantitative estimate of drug-likeness (QED) is 0.719. The minimum Gasteiger partial charge on any atom is -0.299 e. The maximum Gasteiger partial charge on any atom is 0.0241 e. The van der Waals surface area contributed by atoms with Gasteiger partial charge < -0.3 is 0 Å². The predicted octanol–water partition coefficient (Wildman–Crippen LogP) is 3.08. The van der Waals surface area contributed by atoms with Crippen LogP contribution >= 0.6 is 15.9 Å². The van der Waals surface area contributed by atoms with Crippen molar-refractivity contribution in [3.05, 3.63) is 22.2 Å². The second-order valence-electron chi connectivity index (χ2n) is 3.84. The Kier molecular flexibility index (Phi) is 3.23. The number of hydrogen-bond acceptors (Lipinski definition) is 1. The molecule has 1 nitrogen and oxygen atoms in total. The van der Waals surface area contributed by atoms with Gasteiger partial charge in [0.25, 0.3) is 0 Å². The zero-order valence-corrected chi connectivity index (χ0v) is 9.52. The molecule has 72 valence electrons. The van der Waals surface area contributed by atoms with Gasteiger partial charge in [-0.3, -0.25) is 4.90 Å². The summed E-state index contributed by atoms with van der Waals surface area (Å²) in [7, 11) is 0. The molecule has 0 aromatic carbocycles. The first-order valence-corrected chi connectivity index (χ1v) is 5.93. The maximum absolute atomic E-state index is 3.63. The highest BCUT2D eigenvalue weighted by molar-refractivity contribution is 9.12. The molecule has 0 aromatic heterocycles. The molecule has 0 radical (unpaired) electrons. The maximum atomic E-state index is 3.63. The first-order valence-electron chi connectivity index (χ1n) is 5.14.